The molecule has 0 fully saturated rings. The van der Waals surface area contributed by atoms with Crippen molar-refractivity contribution in [3.63, 3.8) is 0 Å². The van der Waals surface area contributed by atoms with Crippen LogP contribution in [-0.4, -0.2) is 54.2 Å². The standard InChI is InChI=1S/C14H23N5O4/c1-4-9(7-20)15-5-10(21)6-19-8-16-12-11(19)13(22)18(3)14(23)17(12)2/h8-10,15,20-21H,4-7H2,1-3H3/p+1/t9-,10-/m0/s1. The highest BCUT2D eigenvalue weighted by molar-refractivity contribution is 5.69. The van der Waals surface area contributed by atoms with Gasteiger partial charge in [-0.05, 0) is 6.42 Å². The average molecular weight is 326 g/mol. The largest absolute Gasteiger partial charge is 0.390 e. The minimum absolute atomic E-state index is 0.0536. The van der Waals surface area contributed by atoms with Gasteiger partial charge in [0.2, 0.25) is 0 Å². The van der Waals surface area contributed by atoms with Gasteiger partial charge in [-0.15, -0.1) is 0 Å². The second kappa shape index (κ2) is 7.07. The predicted octanol–water partition coefficient (Wildman–Crippen LogP) is -2.87. The third-order valence-corrected chi connectivity index (χ3v) is 4.13. The van der Waals surface area contributed by atoms with Crippen LogP contribution in [0.2, 0.25) is 0 Å². The third kappa shape index (κ3) is 3.36. The van der Waals surface area contributed by atoms with Crippen LogP contribution in [0.25, 0.3) is 11.2 Å². The van der Waals surface area contributed by atoms with Crippen LogP contribution in [0.4, 0.5) is 0 Å². The summed E-state index contributed by atoms with van der Waals surface area (Å²) in [6.07, 6.45) is 1.56. The van der Waals surface area contributed by atoms with Crippen LogP contribution in [0.5, 0.6) is 0 Å². The number of quaternary nitrogens is 1. The second-order valence-electron chi connectivity index (χ2n) is 5.75. The smallest absolute Gasteiger partial charge is 0.332 e. The maximum Gasteiger partial charge on any atom is 0.332 e. The first-order valence-corrected chi connectivity index (χ1v) is 7.63. The molecular formula is C14H24N5O4+. The number of rotatable bonds is 7. The maximum atomic E-state index is 12.3. The van der Waals surface area contributed by atoms with Crippen molar-refractivity contribution in [2.75, 3.05) is 13.2 Å². The molecule has 0 aliphatic rings. The Morgan fingerprint density at radius 1 is 1.30 bits per heavy atom. The van der Waals surface area contributed by atoms with Crippen LogP contribution in [-0.2, 0) is 20.6 Å². The molecule has 9 nitrogen and oxygen atoms in total. The van der Waals surface area contributed by atoms with Gasteiger partial charge < -0.3 is 20.1 Å². The van der Waals surface area contributed by atoms with Gasteiger partial charge in [0.1, 0.15) is 18.7 Å². The fraction of sp³-hybridized carbons (Fsp3) is 0.643. The molecule has 0 aliphatic carbocycles. The van der Waals surface area contributed by atoms with Crippen LogP contribution in [0.15, 0.2) is 15.9 Å². The van der Waals surface area contributed by atoms with Crippen LogP contribution in [0.3, 0.4) is 0 Å². The zero-order valence-corrected chi connectivity index (χ0v) is 13.6. The Kier molecular flexibility index (Phi) is 5.34. The number of nitrogens with two attached hydrogens (primary N) is 1. The van der Waals surface area contributed by atoms with Gasteiger partial charge in [-0.25, -0.2) is 9.78 Å². The Bertz CT molecular complexity index is 787. The van der Waals surface area contributed by atoms with Crippen molar-refractivity contribution in [1.29, 1.82) is 0 Å². The van der Waals surface area contributed by atoms with Gasteiger partial charge >= 0.3 is 5.69 Å². The quantitative estimate of drug-likeness (QED) is 0.505. The van der Waals surface area contributed by atoms with Gasteiger partial charge in [0.15, 0.2) is 11.2 Å². The highest BCUT2D eigenvalue weighted by Gasteiger charge is 2.18. The van der Waals surface area contributed by atoms with Gasteiger partial charge in [-0.3, -0.25) is 13.9 Å². The van der Waals surface area contributed by atoms with Crippen LogP contribution in [0, 0.1) is 0 Å². The van der Waals surface area contributed by atoms with E-state index in [2.05, 4.69) is 4.98 Å². The molecule has 0 saturated carbocycles. The first-order chi connectivity index (χ1) is 10.9. The summed E-state index contributed by atoms with van der Waals surface area (Å²) in [6, 6.07) is 0.0536. The summed E-state index contributed by atoms with van der Waals surface area (Å²) in [6.45, 7) is 2.63. The van der Waals surface area contributed by atoms with Crippen LogP contribution < -0.4 is 16.6 Å². The fourth-order valence-corrected chi connectivity index (χ4v) is 2.56. The first kappa shape index (κ1) is 17.4. The van der Waals surface area contributed by atoms with E-state index in [0.29, 0.717) is 17.7 Å². The first-order valence-electron chi connectivity index (χ1n) is 7.63. The second-order valence-corrected chi connectivity index (χ2v) is 5.75. The molecular weight excluding hydrogens is 302 g/mol. The number of nitrogens with zero attached hydrogens (tertiary/aromatic N) is 4. The number of hydrogen-bond acceptors (Lipinski definition) is 5. The molecule has 4 N–H and O–H groups in total. The lowest BCUT2D eigenvalue weighted by Gasteiger charge is -2.15. The van der Waals surface area contributed by atoms with E-state index in [1.54, 1.807) is 11.6 Å². The molecule has 0 unspecified atom stereocenters. The summed E-state index contributed by atoms with van der Waals surface area (Å²) in [5.41, 5.74) is -0.271. The molecule has 0 aliphatic heterocycles. The van der Waals surface area contributed by atoms with E-state index in [1.807, 2.05) is 12.2 Å². The molecule has 0 radical (unpaired) electrons. The zero-order valence-electron chi connectivity index (χ0n) is 13.6. The summed E-state index contributed by atoms with van der Waals surface area (Å²) >= 11 is 0. The molecule has 2 aromatic rings. The number of aliphatic hydroxyl groups is 2. The zero-order chi connectivity index (χ0) is 17.1. The number of fused-ring (bicyclic) bond motifs is 1. The Morgan fingerprint density at radius 3 is 2.61 bits per heavy atom. The highest BCUT2D eigenvalue weighted by atomic mass is 16.3. The number of imidazole rings is 1. The van der Waals surface area contributed by atoms with E-state index < -0.39 is 17.4 Å². The third-order valence-electron chi connectivity index (χ3n) is 4.13. The fourth-order valence-electron chi connectivity index (χ4n) is 2.56. The van der Waals surface area contributed by atoms with E-state index >= 15 is 0 Å². The lowest BCUT2D eigenvalue weighted by atomic mass is 10.2. The van der Waals surface area contributed by atoms with E-state index in [-0.39, 0.29) is 19.2 Å². The Morgan fingerprint density at radius 2 is 2.00 bits per heavy atom. The van der Waals surface area contributed by atoms with Crippen molar-refractivity contribution in [1.82, 2.24) is 18.7 Å². The van der Waals surface area contributed by atoms with E-state index in [4.69, 9.17) is 5.11 Å². The predicted molar refractivity (Wildman–Crippen MR) is 84.2 cm³/mol. The van der Waals surface area contributed by atoms with Crippen molar-refractivity contribution in [3.05, 3.63) is 27.2 Å². The summed E-state index contributed by atoms with van der Waals surface area (Å²) < 4.78 is 3.90. The minimum atomic E-state index is -0.699. The summed E-state index contributed by atoms with van der Waals surface area (Å²) in [7, 11) is 2.97. The molecule has 0 bridgehead atoms. The molecule has 2 rings (SSSR count). The number of aromatic nitrogens is 4. The average Bonchev–Trinajstić information content (AvgIpc) is 2.95. The van der Waals surface area contributed by atoms with Gasteiger partial charge in [-0.1, -0.05) is 6.92 Å². The van der Waals surface area contributed by atoms with Crippen molar-refractivity contribution < 1.29 is 15.5 Å². The molecule has 0 saturated heterocycles. The molecule has 2 heterocycles. The summed E-state index contributed by atoms with van der Waals surface area (Å²) in [5.74, 6) is 0. The summed E-state index contributed by atoms with van der Waals surface area (Å²) in [4.78, 5) is 28.3. The lowest BCUT2D eigenvalue weighted by molar-refractivity contribution is -0.696. The van der Waals surface area contributed by atoms with Crippen molar-refractivity contribution in [2.45, 2.75) is 32.0 Å². The molecule has 0 aromatic carbocycles. The SMILES string of the molecule is CC[C@@H](CO)[NH2+]C[C@H](O)Cn1cnc2c1c(=O)n(C)c(=O)n2C. The lowest BCUT2D eigenvalue weighted by Crippen LogP contribution is -2.92. The molecule has 0 amide bonds. The molecule has 2 aromatic heterocycles. The van der Waals surface area contributed by atoms with Crippen molar-refractivity contribution in [2.24, 2.45) is 14.1 Å². The Balaban J connectivity index is 2.25. The van der Waals surface area contributed by atoms with E-state index in [9.17, 15) is 14.7 Å². The highest BCUT2D eigenvalue weighted by Crippen LogP contribution is 2.06. The van der Waals surface area contributed by atoms with Crippen LogP contribution in [0.1, 0.15) is 13.3 Å². The van der Waals surface area contributed by atoms with Gasteiger partial charge in [0.05, 0.1) is 19.5 Å². The normalized spacial score (nSPS) is 14.3. The van der Waals surface area contributed by atoms with Crippen molar-refractivity contribution >= 4 is 11.2 Å². The van der Waals surface area contributed by atoms with E-state index in [1.165, 1.54) is 17.9 Å². The number of hydrogen-bond donors (Lipinski definition) is 3. The van der Waals surface area contributed by atoms with Crippen LogP contribution >= 0.6 is 0 Å². The molecule has 9 heteroatoms. The van der Waals surface area contributed by atoms with Crippen molar-refractivity contribution in [3.8, 4) is 0 Å². The number of aliphatic hydroxyl groups excluding tert-OH is 2. The maximum absolute atomic E-state index is 12.3. The minimum Gasteiger partial charge on any atom is -0.390 e. The molecule has 128 valence electrons. The molecule has 2 atom stereocenters. The summed E-state index contributed by atoms with van der Waals surface area (Å²) in [5, 5.41) is 21.2. The van der Waals surface area contributed by atoms with E-state index in [0.717, 1.165) is 11.0 Å². The Hall–Kier alpha value is -1.97. The topological polar surface area (TPSA) is 119 Å². The molecule has 23 heavy (non-hydrogen) atoms. The van der Waals surface area contributed by atoms with Gasteiger partial charge in [-0.2, -0.15) is 0 Å². The molecule has 0 spiro atoms. The van der Waals surface area contributed by atoms with Gasteiger partial charge in [0.25, 0.3) is 5.56 Å². The monoisotopic (exact) mass is 326 g/mol. The van der Waals surface area contributed by atoms with Gasteiger partial charge in [0, 0.05) is 14.1 Å². The Labute approximate surface area is 132 Å². The number of aryl methyl sites for hydroxylation is 1.